The molecule has 3 saturated carbocycles. The summed E-state index contributed by atoms with van der Waals surface area (Å²) in [4.78, 5) is 8.12. The van der Waals surface area contributed by atoms with E-state index in [0.717, 1.165) is 29.5 Å². The topological polar surface area (TPSA) is 63.8 Å². The van der Waals surface area contributed by atoms with Gasteiger partial charge in [0.1, 0.15) is 18.0 Å². The first-order valence-corrected chi connectivity index (χ1v) is 6.17. The van der Waals surface area contributed by atoms with E-state index >= 15 is 0 Å². The second-order valence-corrected chi connectivity index (χ2v) is 5.49. The van der Waals surface area contributed by atoms with Gasteiger partial charge in [-0.2, -0.15) is 0 Å². The molecule has 0 spiro atoms. The lowest BCUT2D eigenvalue weighted by Crippen LogP contribution is -2.13. The molecule has 84 valence electrons. The normalized spacial score (nSPS) is 43.1. The molecule has 3 aliphatic carbocycles. The molecule has 0 aliphatic heterocycles. The summed E-state index contributed by atoms with van der Waals surface area (Å²) >= 11 is 0. The van der Waals surface area contributed by atoms with Crippen LogP contribution in [0.15, 0.2) is 12.4 Å². The minimum Gasteiger partial charge on any atom is -0.384 e. The average Bonchev–Trinajstić information content (AvgIpc) is 2.70. The summed E-state index contributed by atoms with van der Waals surface area (Å²) in [5, 5.41) is 3.53. The molecule has 3 fully saturated rings. The van der Waals surface area contributed by atoms with Gasteiger partial charge in [0.15, 0.2) is 0 Å². The van der Waals surface area contributed by atoms with Crippen molar-refractivity contribution in [3.8, 4) is 0 Å². The van der Waals surface area contributed by atoms with E-state index in [2.05, 4.69) is 15.3 Å². The van der Waals surface area contributed by atoms with Crippen LogP contribution < -0.4 is 11.1 Å². The van der Waals surface area contributed by atoms with Gasteiger partial charge < -0.3 is 11.1 Å². The van der Waals surface area contributed by atoms with Gasteiger partial charge in [-0.25, -0.2) is 9.97 Å². The summed E-state index contributed by atoms with van der Waals surface area (Å²) in [6.07, 6.45) is 5.93. The molecule has 3 aliphatic rings. The van der Waals surface area contributed by atoms with E-state index in [1.165, 1.54) is 25.6 Å². The van der Waals surface area contributed by atoms with Crippen molar-refractivity contribution in [1.82, 2.24) is 9.97 Å². The van der Waals surface area contributed by atoms with Crippen LogP contribution in [0.5, 0.6) is 0 Å². The summed E-state index contributed by atoms with van der Waals surface area (Å²) in [7, 11) is 0. The minimum absolute atomic E-state index is 0.547. The standard InChI is InChI=1S/C12H16N4/c13-8-4-9(15-5-14-8)16-12-10-6-1-2-7(3-6)11(10)12/h4-7,10-12H,1-3H2,(H3,13,14,15,16). The molecule has 3 N–H and O–H groups in total. The number of nitrogens with one attached hydrogen (secondary N) is 1. The minimum atomic E-state index is 0.547. The molecule has 0 saturated heterocycles. The number of hydrogen-bond acceptors (Lipinski definition) is 4. The van der Waals surface area contributed by atoms with Gasteiger partial charge >= 0.3 is 0 Å². The number of hydrogen-bond donors (Lipinski definition) is 2. The van der Waals surface area contributed by atoms with Crippen LogP contribution in [0.4, 0.5) is 11.6 Å². The molecular formula is C12H16N4. The lowest BCUT2D eigenvalue weighted by molar-refractivity contribution is 0.456. The Morgan fingerprint density at radius 3 is 2.62 bits per heavy atom. The van der Waals surface area contributed by atoms with E-state index < -0.39 is 0 Å². The predicted octanol–water partition coefficient (Wildman–Crippen LogP) is 1.52. The van der Waals surface area contributed by atoms with Crippen molar-refractivity contribution < 1.29 is 0 Å². The summed E-state index contributed by atoms with van der Waals surface area (Å²) in [6, 6.07) is 2.50. The molecule has 4 heteroatoms. The van der Waals surface area contributed by atoms with Crippen molar-refractivity contribution in [2.75, 3.05) is 11.1 Å². The molecule has 1 aromatic heterocycles. The molecule has 0 amide bonds. The Hall–Kier alpha value is -1.32. The van der Waals surface area contributed by atoms with Gasteiger partial charge in [0.2, 0.25) is 0 Å². The predicted molar refractivity (Wildman–Crippen MR) is 61.7 cm³/mol. The Balaban J connectivity index is 1.51. The molecule has 1 heterocycles. The quantitative estimate of drug-likeness (QED) is 0.786. The van der Waals surface area contributed by atoms with Crippen LogP contribution in [-0.4, -0.2) is 16.0 Å². The Morgan fingerprint density at radius 2 is 1.94 bits per heavy atom. The third-order valence-corrected chi connectivity index (χ3v) is 4.74. The lowest BCUT2D eigenvalue weighted by atomic mass is 10.0. The van der Waals surface area contributed by atoms with Crippen molar-refractivity contribution in [3.05, 3.63) is 12.4 Å². The highest BCUT2D eigenvalue weighted by Gasteiger charge is 2.65. The molecule has 1 aromatic rings. The zero-order chi connectivity index (χ0) is 10.7. The monoisotopic (exact) mass is 216 g/mol. The second kappa shape index (κ2) is 2.87. The zero-order valence-electron chi connectivity index (χ0n) is 9.13. The van der Waals surface area contributed by atoms with E-state index in [9.17, 15) is 0 Å². The first-order chi connectivity index (χ1) is 7.83. The molecule has 4 nitrogen and oxygen atoms in total. The van der Waals surface area contributed by atoms with Crippen LogP contribution in [0.25, 0.3) is 0 Å². The van der Waals surface area contributed by atoms with Gasteiger partial charge in [-0.15, -0.1) is 0 Å². The summed E-state index contributed by atoms with van der Waals surface area (Å²) in [5.41, 5.74) is 5.65. The number of rotatable bonds is 2. The first kappa shape index (κ1) is 8.79. The van der Waals surface area contributed by atoms with Crippen molar-refractivity contribution in [2.45, 2.75) is 25.3 Å². The maximum Gasteiger partial charge on any atom is 0.131 e. The van der Waals surface area contributed by atoms with E-state index in [0.29, 0.717) is 11.9 Å². The van der Waals surface area contributed by atoms with Gasteiger partial charge in [0.05, 0.1) is 0 Å². The Kier molecular flexibility index (Phi) is 1.58. The molecule has 2 bridgehead atoms. The van der Waals surface area contributed by atoms with E-state index in [1.54, 1.807) is 0 Å². The summed E-state index contributed by atoms with van der Waals surface area (Å²) < 4.78 is 0. The first-order valence-electron chi connectivity index (χ1n) is 6.17. The lowest BCUT2D eigenvalue weighted by Gasteiger charge is -2.10. The molecule has 4 unspecified atom stereocenters. The third-order valence-electron chi connectivity index (χ3n) is 4.74. The molecule has 4 atom stereocenters. The maximum atomic E-state index is 5.65. The van der Waals surface area contributed by atoms with Gasteiger partial charge in [0.25, 0.3) is 0 Å². The maximum absolute atomic E-state index is 5.65. The number of nitrogen functional groups attached to an aromatic ring is 1. The average molecular weight is 216 g/mol. The Labute approximate surface area is 94.7 Å². The van der Waals surface area contributed by atoms with E-state index in [1.807, 2.05) is 6.07 Å². The highest BCUT2D eigenvalue weighted by molar-refractivity contribution is 5.46. The number of nitrogens with zero attached hydrogens (tertiary/aromatic N) is 2. The van der Waals surface area contributed by atoms with Gasteiger partial charge in [0, 0.05) is 12.1 Å². The van der Waals surface area contributed by atoms with Gasteiger partial charge in [-0.05, 0) is 42.9 Å². The van der Waals surface area contributed by atoms with Crippen LogP contribution >= 0.6 is 0 Å². The summed E-state index contributed by atoms with van der Waals surface area (Å²) in [5.74, 6) is 5.28. The fourth-order valence-electron chi connectivity index (χ4n) is 4.14. The van der Waals surface area contributed by atoms with Crippen molar-refractivity contribution in [1.29, 1.82) is 0 Å². The van der Waals surface area contributed by atoms with Crippen LogP contribution in [0, 0.1) is 23.7 Å². The third kappa shape index (κ3) is 1.10. The van der Waals surface area contributed by atoms with Crippen LogP contribution in [-0.2, 0) is 0 Å². The zero-order valence-corrected chi connectivity index (χ0v) is 9.13. The Bertz CT molecular complexity index is 417. The molecule has 4 rings (SSSR count). The second-order valence-electron chi connectivity index (χ2n) is 5.49. The van der Waals surface area contributed by atoms with Crippen LogP contribution in [0.3, 0.4) is 0 Å². The van der Waals surface area contributed by atoms with Crippen molar-refractivity contribution >= 4 is 11.6 Å². The fourth-order valence-corrected chi connectivity index (χ4v) is 4.14. The highest BCUT2D eigenvalue weighted by Crippen LogP contribution is 2.66. The van der Waals surface area contributed by atoms with Crippen LogP contribution in [0.2, 0.25) is 0 Å². The number of aromatic nitrogens is 2. The number of nitrogens with two attached hydrogens (primary N) is 1. The van der Waals surface area contributed by atoms with Gasteiger partial charge in [-0.3, -0.25) is 0 Å². The largest absolute Gasteiger partial charge is 0.384 e. The van der Waals surface area contributed by atoms with E-state index in [-0.39, 0.29) is 0 Å². The molecular weight excluding hydrogens is 200 g/mol. The highest BCUT2D eigenvalue weighted by atomic mass is 15.1. The van der Waals surface area contributed by atoms with Crippen molar-refractivity contribution in [2.24, 2.45) is 23.7 Å². The Morgan fingerprint density at radius 1 is 1.19 bits per heavy atom. The molecule has 0 radical (unpaired) electrons. The van der Waals surface area contributed by atoms with Crippen LogP contribution in [0.1, 0.15) is 19.3 Å². The fraction of sp³-hybridized carbons (Fsp3) is 0.667. The smallest absolute Gasteiger partial charge is 0.131 e. The molecule has 16 heavy (non-hydrogen) atoms. The summed E-state index contributed by atoms with van der Waals surface area (Å²) in [6.45, 7) is 0. The number of anilines is 2. The van der Waals surface area contributed by atoms with E-state index in [4.69, 9.17) is 5.73 Å². The number of fused-ring (bicyclic) bond motifs is 5. The molecule has 0 aromatic carbocycles. The van der Waals surface area contributed by atoms with Crippen molar-refractivity contribution in [3.63, 3.8) is 0 Å². The SMILES string of the molecule is Nc1cc(NC2C3C4CCC(C4)C23)ncn1. The van der Waals surface area contributed by atoms with Gasteiger partial charge in [-0.1, -0.05) is 0 Å².